The van der Waals surface area contributed by atoms with Crippen LogP contribution in [0.3, 0.4) is 0 Å². The van der Waals surface area contributed by atoms with Gasteiger partial charge >= 0.3 is 0 Å². The van der Waals surface area contributed by atoms with Gasteiger partial charge in [-0.2, -0.15) is 0 Å². The first-order valence-corrected chi connectivity index (χ1v) is 5.73. The molecule has 0 bridgehead atoms. The van der Waals surface area contributed by atoms with Gasteiger partial charge in [-0.1, -0.05) is 13.0 Å². The lowest BCUT2D eigenvalue weighted by atomic mass is 10.2. The number of carbonyl (C=O) groups is 1. The summed E-state index contributed by atoms with van der Waals surface area (Å²) in [7, 11) is 1.57. The quantitative estimate of drug-likeness (QED) is 0.685. The summed E-state index contributed by atoms with van der Waals surface area (Å²) in [6.45, 7) is 3.69. The minimum Gasteiger partial charge on any atom is -0.481 e. The monoisotopic (exact) mass is 237 g/mol. The Balaban J connectivity index is 2.36. The first-order valence-electron chi connectivity index (χ1n) is 5.73. The highest BCUT2D eigenvalue weighted by molar-refractivity contribution is 5.78. The van der Waals surface area contributed by atoms with Crippen LogP contribution in [-0.2, 0) is 11.3 Å². The Hall–Kier alpha value is -1.62. The normalized spacial score (nSPS) is 10.0. The minimum atomic E-state index is -0.0237. The topological polar surface area (TPSA) is 63.2 Å². The van der Waals surface area contributed by atoms with E-state index in [2.05, 4.69) is 22.5 Å². The highest BCUT2D eigenvalue weighted by atomic mass is 16.5. The summed E-state index contributed by atoms with van der Waals surface area (Å²) in [5, 5.41) is 5.85. The number of aromatic nitrogens is 1. The molecule has 0 fully saturated rings. The molecule has 2 N–H and O–H groups in total. The second-order valence-corrected chi connectivity index (χ2v) is 3.63. The van der Waals surface area contributed by atoms with Crippen LogP contribution in [0.4, 0.5) is 0 Å². The van der Waals surface area contributed by atoms with Crippen LogP contribution >= 0.6 is 0 Å². The Labute approximate surface area is 102 Å². The average Bonchev–Trinajstić information content (AvgIpc) is 2.37. The molecule has 0 radical (unpaired) electrons. The zero-order chi connectivity index (χ0) is 12.5. The molecule has 0 spiro atoms. The van der Waals surface area contributed by atoms with Crippen LogP contribution in [0, 0.1) is 0 Å². The van der Waals surface area contributed by atoms with Gasteiger partial charge < -0.3 is 15.4 Å². The van der Waals surface area contributed by atoms with Crippen molar-refractivity contribution in [3.05, 3.63) is 23.9 Å². The average molecular weight is 237 g/mol. The van der Waals surface area contributed by atoms with Crippen LogP contribution in [-0.4, -0.2) is 31.1 Å². The zero-order valence-electron chi connectivity index (χ0n) is 10.3. The van der Waals surface area contributed by atoms with Crippen LogP contribution in [0.25, 0.3) is 0 Å². The molecule has 0 aliphatic heterocycles. The standard InChI is InChI=1S/C12H19N3O2/c1-3-6-13-9-11(16)15-8-10-5-4-7-14-12(10)17-2/h4-5,7,13H,3,6,8-9H2,1-2H3,(H,15,16). The number of pyridine rings is 1. The van der Waals surface area contributed by atoms with Crippen molar-refractivity contribution in [3.8, 4) is 5.88 Å². The summed E-state index contributed by atoms with van der Waals surface area (Å²) >= 11 is 0. The van der Waals surface area contributed by atoms with Gasteiger partial charge in [-0.3, -0.25) is 4.79 Å². The maximum Gasteiger partial charge on any atom is 0.234 e. The molecule has 94 valence electrons. The van der Waals surface area contributed by atoms with Gasteiger partial charge in [0.15, 0.2) is 0 Å². The highest BCUT2D eigenvalue weighted by Gasteiger charge is 2.05. The summed E-state index contributed by atoms with van der Waals surface area (Å²) < 4.78 is 5.10. The molecule has 17 heavy (non-hydrogen) atoms. The molecule has 5 nitrogen and oxygen atoms in total. The maximum absolute atomic E-state index is 11.5. The minimum absolute atomic E-state index is 0.0237. The van der Waals surface area contributed by atoms with Gasteiger partial charge in [0.25, 0.3) is 0 Å². The highest BCUT2D eigenvalue weighted by Crippen LogP contribution is 2.12. The molecule has 1 rings (SSSR count). The molecule has 0 saturated heterocycles. The Morgan fingerprint density at radius 3 is 3.06 bits per heavy atom. The van der Waals surface area contributed by atoms with Gasteiger partial charge in [0.1, 0.15) is 0 Å². The van der Waals surface area contributed by atoms with Gasteiger partial charge in [-0.25, -0.2) is 4.98 Å². The lowest BCUT2D eigenvalue weighted by Gasteiger charge is -2.08. The van der Waals surface area contributed by atoms with Crippen molar-refractivity contribution in [2.75, 3.05) is 20.2 Å². The lowest BCUT2D eigenvalue weighted by molar-refractivity contribution is -0.120. The molecule has 5 heteroatoms. The number of carbonyl (C=O) groups excluding carboxylic acids is 1. The molecule has 0 unspecified atom stereocenters. The SMILES string of the molecule is CCCNCC(=O)NCc1cccnc1OC. The molecule has 1 heterocycles. The van der Waals surface area contributed by atoms with Crippen LogP contribution in [0.15, 0.2) is 18.3 Å². The number of hydrogen-bond acceptors (Lipinski definition) is 4. The number of nitrogens with one attached hydrogen (secondary N) is 2. The van der Waals surface area contributed by atoms with Gasteiger partial charge in [-0.05, 0) is 19.0 Å². The van der Waals surface area contributed by atoms with Crippen molar-refractivity contribution in [2.45, 2.75) is 19.9 Å². The molecule has 1 amide bonds. The number of methoxy groups -OCH3 is 1. The fraction of sp³-hybridized carbons (Fsp3) is 0.500. The van der Waals surface area contributed by atoms with Crippen molar-refractivity contribution >= 4 is 5.91 Å². The molecule has 1 aromatic rings. The zero-order valence-corrected chi connectivity index (χ0v) is 10.3. The fourth-order valence-corrected chi connectivity index (χ4v) is 1.38. The van der Waals surface area contributed by atoms with Gasteiger partial charge in [0.05, 0.1) is 13.7 Å². The Morgan fingerprint density at radius 2 is 2.35 bits per heavy atom. The molecule has 0 saturated carbocycles. The fourth-order valence-electron chi connectivity index (χ4n) is 1.38. The molecule has 0 aliphatic rings. The summed E-state index contributed by atoms with van der Waals surface area (Å²) in [6, 6.07) is 3.70. The number of ether oxygens (including phenoxy) is 1. The van der Waals surface area contributed by atoms with Crippen LogP contribution in [0.2, 0.25) is 0 Å². The number of nitrogens with zero attached hydrogens (tertiary/aromatic N) is 1. The lowest BCUT2D eigenvalue weighted by Crippen LogP contribution is -2.33. The van der Waals surface area contributed by atoms with Crippen molar-refractivity contribution in [2.24, 2.45) is 0 Å². The summed E-state index contributed by atoms with van der Waals surface area (Å²) in [4.78, 5) is 15.5. The third-order valence-electron chi connectivity index (χ3n) is 2.23. The van der Waals surface area contributed by atoms with E-state index < -0.39 is 0 Å². The van der Waals surface area contributed by atoms with Crippen molar-refractivity contribution in [1.82, 2.24) is 15.6 Å². The first-order chi connectivity index (χ1) is 8.27. The smallest absolute Gasteiger partial charge is 0.234 e. The third-order valence-corrected chi connectivity index (χ3v) is 2.23. The van der Waals surface area contributed by atoms with E-state index in [1.165, 1.54) is 0 Å². The molecule has 0 aromatic carbocycles. The Bertz CT molecular complexity index is 355. The third kappa shape index (κ3) is 4.82. The van der Waals surface area contributed by atoms with E-state index in [0.29, 0.717) is 19.0 Å². The van der Waals surface area contributed by atoms with Gasteiger partial charge in [0.2, 0.25) is 11.8 Å². The van der Waals surface area contributed by atoms with E-state index in [0.717, 1.165) is 18.5 Å². The molecular formula is C12H19N3O2. The molecule has 0 aliphatic carbocycles. The van der Waals surface area contributed by atoms with E-state index in [1.807, 2.05) is 12.1 Å². The predicted octanol–water partition coefficient (Wildman–Crippen LogP) is 0.706. The number of amides is 1. The Morgan fingerprint density at radius 1 is 1.53 bits per heavy atom. The van der Waals surface area contributed by atoms with Crippen molar-refractivity contribution < 1.29 is 9.53 Å². The molecule has 1 aromatic heterocycles. The van der Waals surface area contributed by atoms with Crippen LogP contribution in [0.5, 0.6) is 5.88 Å². The Kier molecular flexibility index (Phi) is 6.03. The van der Waals surface area contributed by atoms with E-state index in [4.69, 9.17) is 4.74 Å². The van der Waals surface area contributed by atoms with Gasteiger partial charge in [-0.15, -0.1) is 0 Å². The second kappa shape index (κ2) is 7.62. The number of rotatable bonds is 7. The van der Waals surface area contributed by atoms with E-state index in [-0.39, 0.29) is 5.91 Å². The van der Waals surface area contributed by atoms with E-state index >= 15 is 0 Å². The second-order valence-electron chi connectivity index (χ2n) is 3.63. The largest absolute Gasteiger partial charge is 0.481 e. The number of hydrogen-bond donors (Lipinski definition) is 2. The maximum atomic E-state index is 11.5. The van der Waals surface area contributed by atoms with E-state index in [1.54, 1.807) is 13.3 Å². The van der Waals surface area contributed by atoms with Crippen LogP contribution < -0.4 is 15.4 Å². The summed E-state index contributed by atoms with van der Waals surface area (Å²) in [6.07, 6.45) is 2.68. The van der Waals surface area contributed by atoms with Crippen LogP contribution in [0.1, 0.15) is 18.9 Å². The van der Waals surface area contributed by atoms with Gasteiger partial charge in [0, 0.05) is 18.3 Å². The first kappa shape index (κ1) is 13.4. The molecule has 0 atom stereocenters. The predicted molar refractivity (Wildman–Crippen MR) is 65.8 cm³/mol. The molecular weight excluding hydrogens is 218 g/mol. The van der Waals surface area contributed by atoms with Crippen molar-refractivity contribution in [1.29, 1.82) is 0 Å². The van der Waals surface area contributed by atoms with Crippen molar-refractivity contribution in [3.63, 3.8) is 0 Å². The summed E-state index contributed by atoms with van der Waals surface area (Å²) in [5.41, 5.74) is 0.874. The van der Waals surface area contributed by atoms with E-state index in [9.17, 15) is 4.79 Å². The summed E-state index contributed by atoms with van der Waals surface area (Å²) in [5.74, 6) is 0.527.